The molecule has 0 radical (unpaired) electrons. The Morgan fingerprint density at radius 3 is 2.38 bits per heavy atom. The molecule has 2 aromatic carbocycles. The van der Waals surface area contributed by atoms with Gasteiger partial charge >= 0.3 is 11.9 Å². The highest BCUT2D eigenvalue weighted by atomic mass is 16.8. The number of hydrogen-bond donors (Lipinski definition) is 3. The van der Waals surface area contributed by atoms with Crippen LogP contribution in [0.15, 0.2) is 54.6 Å². The van der Waals surface area contributed by atoms with Crippen molar-refractivity contribution in [2.24, 2.45) is 17.3 Å². The molecule has 6 fully saturated rings. The maximum absolute atomic E-state index is 14.9. The fourth-order valence-electron chi connectivity index (χ4n) is 9.29. The van der Waals surface area contributed by atoms with Crippen molar-refractivity contribution in [3.05, 3.63) is 76.9 Å². The summed E-state index contributed by atoms with van der Waals surface area (Å²) >= 11 is 0. The molecule has 60 heavy (non-hydrogen) atoms. The molecule has 3 amide bonds. The Hall–Kier alpha value is -4.67. The van der Waals surface area contributed by atoms with E-state index in [0.717, 1.165) is 36.8 Å². The van der Waals surface area contributed by atoms with Crippen LogP contribution in [0, 0.1) is 17.3 Å². The van der Waals surface area contributed by atoms with Gasteiger partial charge in [-0.1, -0.05) is 36.4 Å². The molecule has 3 saturated heterocycles. The number of carbonyl (C=O) groups excluding carboxylic acids is 5. The Morgan fingerprint density at radius 1 is 1.00 bits per heavy atom. The zero-order valence-electron chi connectivity index (χ0n) is 34.9. The summed E-state index contributed by atoms with van der Waals surface area (Å²) in [5.74, 6) is -2.30. The van der Waals surface area contributed by atoms with Crippen LogP contribution in [0.4, 0.5) is 0 Å². The number of nitrogens with one attached hydrogen (secondary N) is 2. The van der Waals surface area contributed by atoms with Crippen LogP contribution in [0.3, 0.4) is 0 Å². The first-order valence-corrected chi connectivity index (χ1v) is 21.1. The minimum atomic E-state index is -1.39. The van der Waals surface area contributed by atoms with Crippen LogP contribution in [0.2, 0.25) is 0 Å². The Labute approximate surface area is 350 Å². The Bertz CT molecular complexity index is 2030. The molecule has 8 rings (SSSR count). The summed E-state index contributed by atoms with van der Waals surface area (Å²) in [7, 11) is 3.36. The molecule has 3 N–H and O–H groups in total. The summed E-state index contributed by atoms with van der Waals surface area (Å²) in [4.78, 5) is 75.2. The van der Waals surface area contributed by atoms with Crippen LogP contribution in [-0.2, 0) is 56.1 Å². The molecule has 0 spiro atoms. The van der Waals surface area contributed by atoms with Crippen LogP contribution in [-0.4, -0.2) is 113 Å². The highest BCUT2D eigenvalue weighted by molar-refractivity contribution is 5.95. The maximum Gasteiger partial charge on any atom is 0.327 e. The topological polar surface area (TPSA) is 182 Å². The first kappa shape index (κ1) is 42.0. The largest absolute Gasteiger partial charge is 0.460 e. The number of nitrogens with zero attached hydrogens (tertiary/aromatic N) is 2. The highest BCUT2D eigenvalue weighted by Crippen LogP contribution is 2.63. The van der Waals surface area contributed by atoms with E-state index in [-0.39, 0.29) is 56.7 Å². The number of benzene rings is 2. The number of hydrogen-bond acceptors (Lipinski definition) is 12. The fraction of sp³-hybridized carbons (Fsp3) is 0.578. The van der Waals surface area contributed by atoms with Crippen molar-refractivity contribution in [2.75, 3.05) is 20.7 Å². The predicted molar refractivity (Wildman–Crippen MR) is 215 cm³/mol. The second kappa shape index (κ2) is 16.3. The molecular formula is C45H56N4O11. The molecule has 322 valence electrons. The van der Waals surface area contributed by atoms with Crippen molar-refractivity contribution in [3.8, 4) is 0 Å². The number of fused-ring (bicyclic) bond motifs is 4. The smallest absolute Gasteiger partial charge is 0.327 e. The summed E-state index contributed by atoms with van der Waals surface area (Å²) in [6, 6.07) is 12.6. The SMILES string of the molecule is CN(C)C(=O)C=Cc1cccc(CN2O[C@@H]3[C@H]4OC(C5CC5)(C5CC5)O[C@H]4[C@@H]4C[C@]3(C(=O)NCc3cccc(C(=O)N[C@H](CO)CCC(=O)OC(C)(C)C)c3)[C@@H]2C(=O)O4)c1. The van der Waals surface area contributed by atoms with Gasteiger partial charge in [0.05, 0.1) is 19.2 Å². The van der Waals surface area contributed by atoms with E-state index in [9.17, 15) is 29.1 Å². The Kier molecular flexibility index (Phi) is 11.4. The molecule has 3 saturated carbocycles. The molecular weight excluding hydrogens is 773 g/mol. The van der Waals surface area contributed by atoms with Crippen LogP contribution in [0.5, 0.6) is 0 Å². The van der Waals surface area contributed by atoms with Gasteiger partial charge in [0.2, 0.25) is 11.8 Å². The summed E-state index contributed by atoms with van der Waals surface area (Å²) in [6.07, 6.45) is 4.74. The van der Waals surface area contributed by atoms with E-state index in [1.165, 1.54) is 11.0 Å². The molecule has 2 bridgehead atoms. The lowest BCUT2D eigenvalue weighted by molar-refractivity contribution is -0.235. The molecule has 15 heteroatoms. The minimum absolute atomic E-state index is 0.0258. The van der Waals surface area contributed by atoms with E-state index < -0.39 is 77.1 Å². The van der Waals surface area contributed by atoms with Crippen LogP contribution in [0.25, 0.3) is 6.08 Å². The Morgan fingerprint density at radius 2 is 1.70 bits per heavy atom. The van der Waals surface area contributed by atoms with Crippen molar-refractivity contribution >= 4 is 35.7 Å². The summed E-state index contributed by atoms with van der Waals surface area (Å²) in [5.41, 5.74) is 0.495. The van der Waals surface area contributed by atoms with E-state index in [1.54, 1.807) is 70.3 Å². The minimum Gasteiger partial charge on any atom is -0.460 e. The molecule has 15 nitrogen and oxygen atoms in total. The highest BCUT2D eigenvalue weighted by Gasteiger charge is 2.78. The van der Waals surface area contributed by atoms with Crippen molar-refractivity contribution in [1.82, 2.24) is 20.6 Å². The average Bonchev–Trinajstić information content (AvgIpc) is 4.16. The van der Waals surface area contributed by atoms with Gasteiger partial charge in [0.1, 0.15) is 35.4 Å². The van der Waals surface area contributed by atoms with Gasteiger partial charge in [0.15, 0.2) is 11.8 Å². The number of aliphatic hydroxyl groups is 1. The number of hydroxylamine groups is 2. The second-order valence-corrected chi connectivity index (χ2v) is 18.3. The number of esters is 2. The number of amides is 3. The monoisotopic (exact) mass is 828 g/mol. The third kappa shape index (κ3) is 8.34. The zero-order chi connectivity index (χ0) is 42.6. The van der Waals surface area contributed by atoms with Gasteiger partial charge in [-0.15, -0.1) is 0 Å². The summed E-state index contributed by atoms with van der Waals surface area (Å²) < 4.78 is 25.3. The van der Waals surface area contributed by atoms with E-state index in [1.807, 2.05) is 24.3 Å². The van der Waals surface area contributed by atoms with E-state index in [0.29, 0.717) is 11.1 Å². The van der Waals surface area contributed by atoms with Gasteiger partial charge in [-0.3, -0.25) is 28.8 Å². The first-order valence-electron chi connectivity index (χ1n) is 21.1. The van der Waals surface area contributed by atoms with Crippen LogP contribution >= 0.6 is 0 Å². The standard InChI is InChI=1S/C45H56N4O11/c1-43(2,3)57-35(52)19-17-32(25-50)47-40(53)29-11-7-9-27(21-29)23-46-42(55)44-22-33-36-37(59-45(58-36,30-13-14-30)31-15-16-31)39(44)60-49(38(44)41(54)56-33)24-28-10-6-8-26(20-28)12-18-34(51)48(4)5/h6-12,18,20-21,30-33,36-39,50H,13-17,19,22-25H2,1-5H3,(H,46,55)(H,47,53)/t32-,33-,36-,37-,38-,39+,44-/m0/s1. The third-order valence-corrected chi connectivity index (χ3v) is 12.4. The van der Waals surface area contributed by atoms with E-state index >= 15 is 0 Å². The number of aliphatic hydroxyl groups excluding tert-OH is 1. The summed E-state index contributed by atoms with van der Waals surface area (Å²) in [6.45, 7) is 5.15. The number of carbonyl (C=O) groups is 5. The van der Waals surface area contributed by atoms with Crippen molar-refractivity contribution in [2.45, 2.75) is 127 Å². The van der Waals surface area contributed by atoms with Crippen molar-refractivity contribution in [1.29, 1.82) is 0 Å². The number of rotatable bonds is 15. The lowest BCUT2D eigenvalue weighted by atomic mass is 9.62. The molecule has 3 aliphatic carbocycles. The molecule has 0 aromatic heterocycles. The van der Waals surface area contributed by atoms with Crippen molar-refractivity contribution < 1.29 is 52.9 Å². The fourth-order valence-corrected chi connectivity index (χ4v) is 9.29. The molecule has 3 aliphatic heterocycles. The average molecular weight is 829 g/mol. The molecule has 2 aromatic rings. The molecule has 0 unspecified atom stereocenters. The molecule has 6 aliphatic rings. The number of likely N-dealkylation sites (N-methyl/N-ethyl adjacent to an activating group) is 1. The zero-order valence-corrected chi connectivity index (χ0v) is 34.9. The third-order valence-electron chi connectivity index (χ3n) is 12.4. The van der Waals surface area contributed by atoms with Gasteiger partial charge in [0, 0.05) is 57.0 Å². The maximum atomic E-state index is 14.9. The summed E-state index contributed by atoms with van der Waals surface area (Å²) in [5, 5.41) is 17.4. The van der Waals surface area contributed by atoms with Gasteiger partial charge < -0.3 is 39.6 Å². The molecule has 3 heterocycles. The number of ether oxygens (including phenoxy) is 4. The van der Waals surface area contributed by atoms with Gasteiger partial charge in [-0.25, -0.2) is 0 Å². The quantitative estimate of drug-likeness (QED) is 0.176. The van der Waals surface area contributed by atoms with Gasteiger partial charge in [-0.2, -0.15) is 5.06 Å². The van der Waals surface area contributed by atoms with Crippen LogP contribution < -0.4 is 10.6 Å². The van der Waals surface area contributed by atoms with Gasteiger partial charge in [0.25, 0.3) is 5.91 Å². The van der Waals surface area contributed by atoms with E-state index in [2.05, 4.69) is 10.6 Å². The lowest BCUT2D eigenvalue weighted by Crippen LogP contribution is -2.69. The lowest BCUT2D eigenvalue weighted by Gasteiger charge is -2.48. The van der Waals surface area contributed by atoms with Crippen molar-refractivity contribution in [3.63, 3.8) is 0 Å². The second-order valence-electron chi connectivity index (χ2n) is 18.3. The predicted octanol–water partition coefficient (Wildman–Crippen LogP) is 3.42. The first-order chi connectivity index (χ1) is 28.6. The Balaban J connectivity index is 1.02. The van der Waals surface area contributed by atoms with Crippen LogP contribution in [0.1, 0.15) is 92.8 Å². The molecule has 7 atom stereocenters. The van der Waals surface area contributed by atoms with Gasteiger partial charge in [-0.05, 0) is 87.8 Å². The van der Waals surface area contributed by atoms with E-state index in [4.69, 9.17) is 23.8 Å². The normalized spacial score (nSPS) is 28.4.